The van der Waals surface area contributed by atoms with Gasteiger partial charge in [-0.3, -0.25) is 9.69 Å². The molecule has 0 bridgehead atoms. The Balaban J connectivity index is 1.46. The van der Waals surface area contributed by atoms with Crippen LogP contribution in [0.25, 0.3) is 0 Å². The van der Waals surface area contributed by atoms with Crippen molar-refractivity contribution in [3.05, 3.63) is 81.7 Å². The quantitative estimate of drug-likeness (QED) is 0.386. The van der Waals surface area contributed by atoms with Crippen LogP contribution in [-0.4, -0.2) is 36.2 Å². The first-order valence-corrected chi connectivity index (χ1v) is 12.3. The first-order valence-electron chi connectivity index (χ1n) is 10.5. The van der Waals surface area contributed by atoms with Crippen LogP contribution in [-0.2, 0) is 29.0 Å². The first kappa shape index (κ1) is 22.6. The molecule has 1 aromatic heterocycles. The molecule has 7 heteroatoms. The van der Waals surface area contributed by atoms with Gasteiger partial charge in [0.25, 0.3) is 0 Å². The highest BCUT2D eigenvalue weighted by Gasteiger charge is 2.29. The maximum absolute atomic E-state index is 12.6. The third kappa shape index (κ3) is 5.41. The third-order valence-corrected chi connectivity index (χ3v) is 7.56. The Hall–Kier alpha value is -2.61. The van der Waals surface area contributed by atoms with Crippen LogP contribution >= 0.6 is 23.1 Å². The number of carbonyl (C=O) groups excluding carboxylic acids is 2. The van der Waals surface area contributed by atoms with Crippen LogP contribution in [0.15, 0.2) is 59.5 Å². The van der Waals surface area contributed by atoms with Crippen molar-refractivity contribution in [1.29, 1.82) is 0 Å². The molecule has 0 fully saturated rings. The summed E-state index contributed by atoms with van der Waals surface area (Å²) in [5.74, 6) is -0.229. The molecule has 32 heavy (non-hydrogen) atoms. The number of nitrogens with one attached hydrogen (secondary N) is 1. The Morgan fingerprint density at radius 3 is 2.59 bits per heavy atom. The number of benzene rings is 2. The van der Waals surface area contributed by atoms with Crippen molar-refractivity contribution in [2.45, 2.75) is 31.3 Å². The van der Waals surface area contributed by atoms with E-state index in [-0.39, 0.29) is 17.6 Å². The molecular weight excluding hydrogens is 440 g/mol. The highest BCUT2D eigenvalue weighted by Crippen LogP contribution is 2.38. The Labute approximate surface area is 196 Å². The average molecular weight is 467 g/mol. The Bertz CT molecular complexity index is 1090. The molecule has 1 aliphatic heterocycles. The number of thioether (sulfide) groups is 1. The highest BCUT2D eigenvalue weighted by molar-refractivity contribution is 8.00. The van der Waals surface area contributed by atoms with Crippen LogP contribution in [0, 0.1) is 6.92 Å². The van der Waals surface area contributed by atoms with Crippen LogP contribution in [0.2, 0.25) is 0 Å². The fraction of sp³-hybridized carbons (Fsp3) is 0.280. The lowest BCUT2D eigenvalue weighted by Crippen LogP contribution is -2.29. The number of ether oxygens (including phenoxy) is 1. The SMILES string of the molecule is COC(=O)c1c(NC(=O)CSc2ccc(C)cc2)sc2c1CCN(Cc1ccccc1)C2. The van der Waals surface area contributed by atoms with Gasteiger partial charge in [-0.25, -0.2) is 4.79 Å². The minimum Gasteiger partial charge on any atom is -0.465 e. The van der Waals surface area contributed by atoms with E-state index < -0.39 is 0 Å². The molecule has 2 aromatic carbocycles. The van der Waals surface area contributed by atoms with Gasteiger partial charge in [-0.2, -0.15) is 0 Å². The molecule has 1 N–H and O–H groups in total. The van der Waals surface area contributed by atoms with Gasteiger partial charge in [-0.1, -0.05) is 48.0 Å². The number of thiophene rings is 1. The molecule has 4 rings (SSSR count). The molecule has 3 aromatic rings. The van der Waals surface area contributed by atoms with E-state index >= 15 is 0 Å². The largest absolute Gasteiger partial charge is 0.465 e. The molecule has 0 saturated heterocycles. The van der Waals surface area contributed by atoms with Gasteiger partial charge in [-0.15, -0.1) is 23.1 Å². The second-order valence-electron chi connectivity index (χ2n) is 7.80. The predicted molar refractivity (Wildman–Crippen MR) is 130 cm³/mol. The van der Waals surface area contributed by atoms with E-state index in [9.17, 15) is 9.59 Å². The van der Waals surface area contributed by atoms with Gasteiger partial charge < -0.3 is 10.1 Å². The zero-order valence-corrected chi connectivity index (χ0v) is 19.9. The number of esters is 1. The summed E-state index contributed by atoms with van der Waals surface area (Å²) >= 11 is 2.97. The number of hydrogen-bond acceptors (Lipinski definition) is 6. The summed E-state index contributed by atoms with van der Waals surface area (Å²) in [6.07, 6.45) is 0.761. The molecular formula is C25H26N2O3S2. The number of nitrogens with zero attached hydrogens (tertiary/aromatic N) is 1. The normalized spacial score (nSPS) is 13.4. The maximum Gasteiger partial charge on any atom is 0.341 e. The van der Waals surface area contributed by atoms with Crippen LogP contribution in [0.5, 0.6) is 0 Å². The smallest absolute Gasteiger partial charge is 0.341 e. The lowest BCUT2D eigenvalue weighted by atomic mass is 10.0. The number of fused-ring (bicyclic) bond motifs is 1. The molecule has 0 unspecified atom stereocenters. The molecule has 0 saturated carbocycles. The molecule has 2 heterocycles. The van der Waals surface area contributed by atoms with Crippen LogP contribution < -0.4 is 5.32 Å². The van der Waals surface area contributed by atoms with E-state index in [4.69, 9.17) is 4.74 Å². The average Bonchev–Trinajstić information content (AvgIpc) is 3.15. The summed E-state index contributed by atoms with van der Waals surface area (Å²) in [6, 6.07) is 18.5. The number of aryl methyl sites for hydroxylation is 1. The molecule has 0 radical (unpaired) electrons. The molecule has 1 amide bonds. The van der Waals surface area contributed by atoms with Gasteiger partial charge in [0.05, 0.1) is 18.4 Å². The van der Waals surface area contributed by atoms with E-state index in [0.29, 0.717) is 10.6 Å². The van der Waals surface area contributed by atoms with Crippen LogP contribution in [0.3, 0.4) is 0 Å². The molecule has 166 valence electrons. The summed E-state index contributed by atoms with van der Waals surface area (Å²) in [6.45, 7) is 4.52. The number of carbonyl (C=O) groups is 2. The molecule has 0 aliphatic carbocycles. The van der Waals surface area contributed by atoms with E-state index in [2.05, 4.69) is 22.3 Å². The van der Waals surface area contributed by atoms with Crippen molar-refractivity contribution < 1.29 is 14.3 Å². The minimum atomic E-state index is -0.388. The molecule has 1 aliphatic rings. The van der Waals surface area contributed by atoms with Crippen molar-refractivity contribution in [2.75, 3.05) is 24.7 Å². The van der Waals surface area contributed by atoms with Crippen molar-refractivity contribution in [2.24, 2.45) is 0 Å². The summed E-state index contributed by atoms with van der Waals surface area (Å²) < 4.78 is 5.04. The van der Waals surface area contributed by atoms with Gasteiger partial charge in [0, 0.05) is 29.4 Å². The Kier molecular flexibility index (Phi) is 7.29. The topological polar surface area (TPSA) is 58.6 Å². The maximum atomic E-state index is 12.6. The summed E-state index contributed by atoms with van der Waals surface area (Å²) in [5.41, 5.74) is 3.97. The monoisotopic (exact) mass is 466 g/mol. The van der Waals surface area contributed by atoms with E-state index in [1.807, 2.05) is 49.4 Å². The van der Waals surface area contributed by atoms with Crippen molar-refractivity contribution in [3.63, 3.8) is 0 Å². The Morgan fingerprint density at radius 1 is 1.12 bits per heavy atom. The second-order valence-corrected chi connectivity index (χ2v) is 9.95. The fourth-order valence-corrected chi connectivity index (χ4v) is 5.78. The van der Waals surface area contributed by atoms with Crippen molar-refractivity contribution in [3.8, 4) is 0 Å². The predicted octanol–water partition coefficient (Wildman–Crippen LogP) is 5.13. The third-order valence-electron chi connectivity index (χ3n) is 5.42. The highest BCUT2D eigenvalue weighted by atomic mass is 32.2. The van der Waals surface area contributed by atoms with Gasteiger partial charge in [-0.05, 0) is 36.6 Å². The van der Waals surface area contributed by atoms with Crippen molar-refractivity contribution >= 4 is 40.0 Å². The standard InChI is InChI=1S/C25H26N2O3S2/c1-17-8-10-19(11-9-17)31-16-22(28)26-24-23(25(29)30-2)20-12-13-27(15-21(20)32-24)14-18-6-4-3-5-7-18/h3-11H,12-16H2,1-2H3,(H,26,28). The zero-order chi connectivity index (χ0) is 22.5. The first-order chi connectivity index (χ1) is 15.5. The van der Waals surface area contributed by atoms with Gasteiger partial charge in [0.2, 0.25) is 5.91 Å². The van der Waals surface area contributed by atoms with Crippen LogP contribution in [0.1, 0.15) is 31.9 Å². The van der Waals surface area contributed by atoms with E-state index in [1.165, 1.54) is 41.3 Å². The van der Waals surface area contributed by atoms with Crippen LogP contribution in [0.4, 0.5) is 5.00 Å². The van der Waals surface area contributed by atoms with E-state index in [0.717, 1.165) is 41.4 Å². The van der Waals surface area contributed by atoms with Gasteiger partial charge in [0.15, 0.2) is 0 Å². The fourth-order valence-electron chi connectivity index (χ4n) is 3.79. The molecule has 0 spiro atoms. The van der Waals surface area contributed by atoms with Crippen molar-refractivity contribution in [1.82, 2.24) is 4.90 Å². The van der Waals surface area contributed by atoms with E-state index in [1.54, 1.807) is 0 Å². The number of methoxy groups -OCH3 is 1. The zero-order valence-electron chi connectivity index (χ0n) is 18.2. The summed E-state index contributed by atoms with van der Waals surface area (Å²) in [5, 5.41) is 3.56. The number of hydrogen-bond donors (Lipinski definition) is 1. The minimum absolute atomic E-state index is 0.125. The molecule has 0 atom stereocenters. The molecule has 5 nitrogen and oxygen atoms in total. The summed E-state index contributed by atoms with van der Waals surface area (Å²) in [4.78, 5) is 29.7. The lowest BCUT2D eigenvalue weighted by molar-refractivity contribution is -0.113. The number of anilines is 1. The van der Waals surface area contributed by atoms with Gasteiger partial charge in [0.1, 0.15) is 5.00 Å². The lowest BCUT2D eigenvalue weighted by Gasteiger charge is -2.27. The Morgan fingerprint density at radius 2 is 1.88 bits per heavy atom. The van der Waals surface area contributed by atoms with Gasteiger partial charge >= 0.3 is 5.97 Å². The second kappa shape index (κ2) is 10.3. The number of rotatable bonds is 7. The number of amides is 1. The summed E-state index contributed by atoms with van der Waals surface area (Å²) in [7, 11) is 1.38.